The van der Waals surface area contributed by atoms with Crippen LogP contribution in [0.2, 0.25) is 0 Å². The molecule has 8 heteroatoms. The summed E-state index contributed by atoms with van der Waals surface area (Å²) in [6.07, 6.45) is -0.888. The van der Waals surface area contributed by atoms with Gasteiger partial charge in [0.2, 0.25) is 5.91 Å². The topological polar surface area (TPSA) is 60.9 Å². The zero-order chi connectivity index (χ0) is 23.0. The number of nitrogens with zero attached hydrogens (tertiary/aromatic N) is 3. The lowest BCUT2D eigenvalue weighted by atomic mass is 10.1. The molecule has 1 heterocycles. The van der Waals surface area contributed by atoms with Crippen molar-refractivity contribution in [3.8, 4) is 0 Å². The van der Waals surface area contributed by atoms with Crippen molar-refractivity contribution in [2.45, 2.75) is 18.0 Å². The predicted molar refractivity (Wildman–Crippen MR) is 129 cm³/mol. The van der Waals surface area contributed by atoms with Crippen LogP contribution in [0.1, 0.15) is 17.3 Å². The van der Waals surface area contributed by atoms with Crippen LogP contribution in [0.5, 0.6) is 0 Å². The van der Waals surface area contributed by atoms with E-state index in [2.05, 4.69) is 0 Å². The highest BCUT2D eigenvalue weighted by molar-refractivity contribution is 7.92. The van der Waals surface area contributed by atoms with Gasteiger partial charge in [0.25, 0.3) is 10.0 Å². The first-order valence-corrected chi connectivity index (χ1v) is 12.1. The molecule has 0 aromatic heterocycles. The summed E-state index contributed by atoms with van der Waals surface area (Å²) in [6, 6.07) is 21.2. The molecule has 1 aliphatic heterocycles. The third kappa shape index (κ3) is 3.72. The fraction of sp³-hybridized carbons (Fsp3) is 0.208. The Morgan fingerprint density at radius 2 is 1.53 bits per heavy atom. The van der Waals surface area contributed by atoms with Crippen molar-refractivity contribution < 1.29 is 13.2 Å². The number of carbonyl (C=O) groups is 1. The van der Waals surface area contributed by atoms with E-state index in [4.69, 9.17) is 11.6 Å². The van der Waals surface area contributed by atoms with Crippen LogP contribution >= 0.6 is 11.6 Å². The standard InChI is InChI=1S/C24H24ClN3O3S/c1-17-8-14-20(15-9-17)32(30,31)28-22-7-5-4-6-21(22)27(23(29)16-25)24(28)18-10-12-19(13-11-18)26(2)3/h4-15,24H,16H2,1-3H3/t24-/m0/s1. The summed E-state index contributed by atoms with van der Waals surface area (Å²) in [5.41, 5.74) is 3.54. The van der Waals surface area contributed by atoms with E-state index < -0.39 is 16.2 Å². The van der Waals surface area contributed by atoms with Gasteiger partial charge < -0.3 is 4.90 Å². The Morgan fingerprint density at radius 1 is 0.938 bits per heavy atom. The summed E-state index contributed by atoms with van der Waals surface area (Å²) in [5, 5.41) is 0. The molecule has 32 heavy (non-hydrogen) atoms. The lowest BCUT2D eigenvalue weighted by Crippen LogP contribution is -2.42. The van der Waals surface area contributed by atoms with Gasteiger partial charge in [-0.2, -0.15) is 0 Å². The number of hydrogen-bond acceptors (Lipinski definition) is 4. The molecule has 3 aromatic carbocycles. The van der Waals surface area contributed by atoms with Crippen molar-refractivity contribution in [3.63, 3.8) is 0 Å². The minimum Gasteiger partial charge on any atom is -0.378 e. The quantitative estimate of drug-likeness (QED) is 0.515. The molecule has 3 aromatic rings. The summed E-state index contributed by atoms with van der Waals surface area (Å²) in [4.78, 5) is 16.5. The number of alkyl halides is 1. The molecule has 1 aliphatic rings. The third-order valence-corrected chi connectivity index (χ3v) is 7.52. The highest BCUT2D eigenvalue weighted by atomic mass is 35.5. The van der Waals surface area contributed by atoms with Gasteiger partial charge in [-0.25, -0.2) is 12.7 Å². The van der Waals surface area contributed by atoms with Gasteiger partial charge in [0.15, 0.2) is 6.17 Å². The summed E-state index contributed by atoms with van der Waals surface area (Å²) in [6.45, 7) is 1.90. The molecule has 1 atom stereocenters. The van der Waals surface area contributed by atoms with E-state index in [9.17, 15) is 13.2 Å². The highest BCUT2D eigenvalue weighted by Crippen LogP contribution is 2.49. The van der Waals surface area contributed by atoms with Gasteiger partial charge in [-0.05, 0) is 48.9 Å². The number of halogens is 1. The minimum atomic E-state index is -3.98. The van der Waals surface area contributed by atoms with Crippen LogP contribution in [0.15, 0.2) is 77.7 Å². The van der Waals surface area contributed by atoms with Crippen LogP contribution in [0.3, 0.4) is 0 Å². The van der Waals surface area contributed by atoms with Crippen LogP contribution in [0, 0.1) is 6.92 Å². The maximum Gasteiger partial charge on any atom is 0.266 e. The normalized spacial score (nSPS) is 15.6. The third-order valence-electron chi connectivity index (χ3n) is 5.51. The molecule has 0 radical (unpaired) electrons. The van der Waals surface area contributed by atoms with Gasteiger partial charge >= 0.3 is 0 Å². The Balaban J connectivity index is 1.93. The molecule has 0 spiro atoms. The number of aryl methyl sites for hydroxylation is 1. The zero-order valence-electron chi connectivity index (χ0n) is 18.1. The first kappa shape index (κ1) is 22.2. The van der Waals surface area contributed by atoms with E-state index in [0.717, 1.165) is 11.3 Å². The van der Waals surface area contributed by atoms with Crippen molar-refractivity contribution in [2.24, 2.45) is 0 Å². The van der Waals surface area contributed by atoms with Crippen LogP contribution in [0.25, 0.3) is 0 Å². The van der Waals surface area contributed by atoms with Gasteiger partial charge in [-0.1, -0.05) is 42.0 Å². The molecule has 0 N–H and O–H groups in total. The Morgan fingerprint density at radius 3 is 2.09 bits per heavy atom. The van der Waals surface area contributed by atoms with Crippen molar-refractivity contribution in [2.75, 3.05) is 34.1 Å². The number of benzene rings is 3. The van der Waals surface area contributed by atoms with Gasteiger partial charge in [0, 0.05) is 19.8 Å². The van der Waals surface area contributed by atoms with E-state index >= 15 is 0 Å². The van der Waals surface area contributed by atoms with E-state index in [1.54, 1.807) is 48.5 Å². The smallest absolute Gasteiger partial charge is 0.266 e. The molecular formula is C24H24ClN3O3S. The lowest BCUT2D eigenvalue weighted by Gasteiger charge is -2.31. The number of fused-ring (bicyclic) bond motifs is 1. The molecule has 0 saturated carbocycles. The zero-order valence-corrected chi connectivity index (χ0v) is 19.6. The summed E-state index contributed by atoms with van der Waals surface area (Å²) < 4.78 is 29.1. The molecule has 4 rings (SSSR count). The fourth-order valence-corrected chi connectivity index (χ4v) is 5.60. The number of sulfonamides is 1. The van der Waals surface area contributed by atoms with E-state index in [1.807, 2.05) is 50.2 Å². The Labute approximate surface area is 193 Å². The Kier molecular flexibility index (Phi) is 5.88. The molecule has 0 bridgehead atoms. The fourth-order valence-electron chi connectivity index (χ4n) is 3.87. The minimum absolute atomic E-state index is 0.160. The highest BCUT2D eigenvalue weighted by Gasteiger charge is 2.46. The number of anilines is 3. The second-order valence-corrected chi connectivity index (χ2v) is 9.94. The van der Waals surface area contributed by atoms with Crippen LogP contribution in [-0.4, -0.2) is 34.3 Å². The van der Waals surface area contributed by atoms with Crippen molar-refractivity contribution in [1.82, 2.24) is 0 Å². The largest absolute Gasteiger partial charge is 0.378 e. The second-order valence-electron chi connectivity index (χ2n) is 7.86. The molecule has 0 aliphatic carbocycles. The molecule has 0 unspecified atom stereocenters. The van der Waals surface area contributed by atoms with Gasteiger partial charge in [0.05, 0.1) is 16.3 Å². The molecule has 0 saturated heterocycles. The average Bonchev–Trinajstić information content (AvgIpc) is 3.15. The summed E-state index contributed by atoms with van der Waals surface area (Å²) in [7, 11) is -0.124. The molecule has 0 fully saturated rings. The average molecular weight is 470 g/mol. The summed E-state index contributed by atoms with van der Waals surface area (Å²) >= 11 is 5.95. The Bertz CT molecular complexity index is 1240. The maximum absolute atomic E-state index is 13.9. The molecular weight excluding hydrogens is 446 g/mol. The maximum atomic E-state index is 13.9. The number of amides is 1. The van der Waals surface area contributed by atoms with Crippen LogP contribution in [0.4, 0.5) is 17.1 Å². The number of hydrogen-bond donors (Lipinski definition) is 0. The first-order chi connectivity index (χ1) is 15.3. The number of rotatable bonds is 5. The Hall–Kier alpha value is -3.03. The van der Waals surface area contributed by atoms with Gasteiger partial charge in [-0.15, -0.1) is 11.6 Å². The van der Waals surface area contributed by atoms with Crippen LogP contribution < -0.4 is 14.1 Å². The predicted octanol–water partition coefficient (Wildman–Crippen LogP) is 4.54. The molecule has 166 valence electrons. The summed E-state index contributed by atoms with van der Waals surface area (Å²) in [5.74, 6) is -0.638. The van der Waals surface area contributed by atoms with Crippen molar-refractivity contribution in [1.29, 1.82) is 0 Å². The first-order valence-electron chi connectivity index (χ1n) is 10.1. The lowest BCUT2D eigenvalue weighted by molar-refractivity contribution is -0.116. The van der Waals surface area contributed by atoms with Crippen LogP contribution in [-0.2, 0) is 14.8 Å². The second kappa shape index (κ2) is 8.48. The molecule has 1 amide bonds. The van der Waals surface area contributed by atoms with E-state index in [-0.39, 0.29) is 16.7 Å². The van der Waals surface area contributed by atoms with E-state index in [0.29, 0.717) is 16.9 Å². The number of para-hydroxylation sites is 2. The van der Waals surface area contributed by atoms with Gasteiger partial charge in [0.1, 0.15) is 5.88 Å². The molecule has 6 nitrogen and oxygen atoms in total. The number of carbonyl (C=O) groups excluding carboxylic acids is 1. The van der Waals surface area contributed by atoms with Gasteiger partial charge in [-0.3, -0.25) is 9.69 Å². The SMILES string of the molecule is Cc1ccc(S(=O)(=O)N2c3ccccc3N(C(=O)CCl)[C@@H]2c2ccc(N(C)C)cc2)cc1. The van der Waals surface area contributed by atoms with Crippen molar-refractivity contribution >= 4 is 44.6 Å². The van der Waals surface area contributed by atoms with E-state index in [1.165, 1.54) is 9.21 Å². The monoisotopic (exact) mass is 469 g/mol. The van der Waals surface area contributed by atoms with Crippen molar-refractivity contribution in [3.05, 3.63) is 83.9 Å².